The van der Waals surface area contributed by atoms with E-state index in [-0.39, 0.29) is 22.1 Å². The van der Waals surface area contributed by atoms with Gasteiger partial charge < -0.3 is 5.73 Å². The van der Waals surface area contributed by atoms with Gasteiger partial charge >= 0.3 is 0 Å². The number of rotatable bonds is 6. The lowest BCUT2D eigenvalue weighted by atomic mass is 10.3. The predicted octanol–water partition coefficient (Wildman–Crippen LogP) is -0.645. The Morgan fingerprint density at radius 2 is 2.25 bits per heavy atom. The molecule has 0 aliphatic rings. The van der Waals surface area contributed by atoms with Crippen LogP contribution in [0.4, 0.5) is 0 Å². The Labute approximate surface area is 120 Å². The molecule has 2 aromatic rings. The van der Waals surface area contributed by atoms with Crippen molar-refractivity contribution in [3.8, 4) is 0 Å². The standard InChI is InChI=1S/C10H12N6O2S2/c11-10(19)9-7(2-1-4-12-9)20(17,18)15-5-3-8-13-6-14-16-8/h1-2,4,6,15H,3,5H2,(H2,11,19)(H,13,14,16). The van der Waals surface area contributed by atoms with E-state index in [1.807, 2.05) is 0 Å². The molecule has 0 atom stereocenters. The van der Waals surface area contributed by atoms with Crippen LogP contribution in [-0.4, -0.2) is 40.1 Å². The number of hydrogen-bond acceptors (Lipinski definition) is 6. The Morgan fingerprint density at radius 1 is 1.45 bits per heavy atom. The minimum Gasteiger partial charge on any atom is -0.388 e. The third kappa shape index (κ3) is 3.35. The number of aromatic nitrogens is 4. The molecular formula is C10H12N6O2S2. The maximum atomic E-state index is 12.2. The first-order valence-corrected chi connectivity index (χ1v) is 7.48. The van der Waals surface area contributed by atoms with E-state index in [0.717, 1.165) is 0 Å². The first-order valence-electron chi connectivity index (χ1n) is 5.59. The van der Waals surface area contributed by atoms with Gasteiger partial charge in [-0.1, -0.05) is 12.2 Å². The van der Waals surface area contributed by atoms with Crippen molar-refractivity contribution in [2.75, 3.05) is 6.54 Å². The average Bonchev–Trinajstić information content (AvgIpc) is 2.91. The molecule has 0 aliphatic heterocycles. The fourth-order valence-corrected chi connectivity index (χ4v) is 2.95. The fourth-order valence-electron chi connectivity index (χ4n) is 1.53. The monoisotopic (exact) mass is 312 g/mol. The van der Waals surface area contributed by atoms with Crippen LogP contribution in [0.5, 0.6) is 0 Å². The van der Waals surface area contributed by atoms with E-state index in [1.165, 1.54) is 24.7 Å². The molecule has 4 N–H and O–H groups in total. The Kier molecular flexibility index (Phi) is 4.37. The molecule has 0 unspecified atom stereocenters. The van der Waals surface area contributed by atoms with E-state index in [2.05, 4.69) is 24.9 Å². The van der Waals surface area contributed by atoms with Gasteiger partial charge in [-0.2, -0.15) is 5.10 Å². The number of sulfonamides is 1. The quantitative estimate of drug-likeness (QED) is 0.605. The molecule has 0 amide bonds. The maximum Gasteiger partial charge on any atom is 0.242 e. The minimum absolute atomic E-state index is 0.0370. The first kappa shape index (κ1) is 14.5. The third-order valence-corrected chi connectivity index (χ3v) is 4.10. The molecule has 0 aromatic carbocycles. The van der Waals surface area contributed by atoms with Gasteiger partial charge in [0.15, 0.2) is 0 Å². The Hall–Kier alpha value is -1.91. The van der Waals surface area contributed by atoms with Crippen LogP contribution in [0.15, 0.2) is 29.6 Å². The van der Waals surface area contributed by atoms with Crippen LogP contribution >= 0.6 is 12.2 Å². The normalized spacial score (nSPS) is 11.4. The van der Waals surface area contributed by atoms with Gasteiger partial charge in [-0.25, -0.2) is 18.1 Å². The van der Waals surface area contributed by atoms with Crippen LogP contribution in [0.25, 0.3) is 0 Å². The number of aromatic amines is 1. The van der Waals surface area contributed by atoms with Crippen molar-refractivity contribution in [2.45, 2.75) is 11.3 Å². The summed E-state index contributed by atoms with van der Waals surface area (Å²) in [6.07, 6.45) is 3.18. The molecule has 0 saturated heterocycles. The second kappa shape index (κ2) is 6.03. The van der Waals surface area contributed by atoms with Gasteiger partial charge in [0.2, 0.25) is 10.0 Å². The molecule has 0 radical (unpaired) electrons. The van der Waals surface area contributed by atoms with Crippen LogP contribution < -0.4 is 10.5 Å². The summed E-state index contributed by atoms with van der Waals surface area (Å²) in [5.74, 6) is 0.591. The largest absolute Gasteiger partial charge is 0.388 e. The topological polar surface area (TPSA) is 127 Å². The molecule has 0 saturated carbocycles. The highest BCUT2D eigenvalue weighted by molar-refractivity contribution is 7.89. The second-order valence-electron chi connectivity index (χ2n) is 3.79. The van der Waals surface area contributed by atoms with Crippen LogP contribution in [0.2, 0.25) is 0 Å². The van der Waals surface area contributed by atoms with E-state index in [9.17, 15) is 8.42 Å². The smallest absolute Gasteiger partial charge is 0.242 e. The molecule has 0 bridgehead atoms. The zero-order valence-corrected chi connectivity index (χ0v) is 11.9. The van der Waals surface area contributed by atoms with Gasteiger partial charge in [-0.05, 0) is 12.1 Å². The van der Waals surface area contributed by atoms with Crippen LogP contribution in [0.1, 0.15) is 11.5 Å². The van der Waals surface area contributed by atoms with Gasteiger partial charge in [-0.3, -0.25) is 10.1 Å². The molecule has 10 heteroatoms. The summed E-state index contributed by atoms with van der Waals surface area (Å²) >= 11 is 4.80. The Morgan fingerprint density at radius 3 is 2.90 bits per heavy atom. The van der Waals surface area contributed by atoms with Gasteiger partial charge in [0, 0.05) is 19.2 Å². The highest BCUT2D eigenvalue weighted by Crippen LogP contribution is 2.12. The van der Waals surface area contributed by atoms with Crippen LogP contribution in [-0.2, 0) is 16.4 Å². The van der Waals surface area contributed by atoms with Crippen molar-refractivity contribution in [1.82, 2.24) is 24.9 Å². The number of nitrogens with two attached hydrogens (primary N) is 1. The Balaban J connectivity index is 2.12. The van der Waals surface area contributed by atoms with E-state index in [4.69, 9.17) is 18.0 Å². The summed E-state index contributed by atoms with van der Waals surface area (Å²) in [6, 6.07) is 2.91. The van der Waals surface area contributed by atoms with Crippen molar-refractivity contribution in [2.24, 2.45) is 5.73 Å². The summed E-state index contributed by atoms with van der Waals surface area (Å²) in [4.78, 5) is 7.68. The fraction of sp³-hybridized carbons (Fsp3) is 0.200. The van der Waals surface area contributed by atoms with Gasteiger partial charge in [-0.15, -0.1) is 0 Å². The predicted molar refractivity (Wildman–Crippen MR) is 75.4 cm³/mol. The number of thiocarbonyl (C=S) groups is 1. The van der Waals surface area contributed by atoms with Crippen molar-refractivity contribution in [1.29, 1.82) is 0 Å². The number of nitrogens with zero attached hydrogens (tertiary/aromatic N) is 3. The van der Waals surface area contributed by atoms with Crippen LogP contribution in [0.3, 0.4) is 0 Å². The molecule has 2 heterocycles. The Bertz CT molecular complexity index is 698. The summed E-state index contributed by atoms with van der Waals surface area (Å²) in [5.41, 5.74) is 5.55. The van der Waals surface area contributed by atoms with Crippen molar-refractivity contribution in [3.05, 3.63) is 36.2 Å². The molecule has 8 nitrogen and oxygen atoms in total. The van der Waals surface area contributed by atoms with Gasteiger partial charge in [0.1, 0.15) is 27.7 Å². The molecule has 20 heavy (non-hydrogen) atoms. The lowest BCUT2D eigenvalue weighted by molar-refractivity contribution is 0.580. The molecule has 0 spiro atoms. The van der Waals surface area contributed by atoms with E-state index in [0.29, 0.717) is 12.2 Å². The molecule has 106 valence electrons. The molecule has 0 fully saturated rings. The number of hydrogen-bond donors (Lipinski definition) is 3. The third-order valence-electron chi connectivity index (χ3n) is 2.41. The second-order valence-corrected chi connectivity index (χ2v) is 5.97. The van der Waals surface area contributed by atoms with E-state index >= 15 is 0 Å². The lowest BCUT2D eigenvalue weighted by Crippen LogP contribution is -2.29. The summed E-state index contributed by atoms with van der Waals surface area (Å²) in [7, 11) is -3.73. The van der Waals surface area contributed by atoms with Crippen molar-refractivity contribution >= 4 is 27.2 Å². The summed E-state index contributed by atoms with van der Waals surface area (Å²) < 4.78 is 26.8. The van der Waals surface area contributed by atoms with Gasteiger partial charge in [0.05, 0.1) is 0 Å². The number of H-pyrrole nitrogens is 1. The maximum absolute atomic E-state index is 12.2. The summed E-state index contributed by atoms with van der Waals surface area (Å²) in [6.45, 7) is 0.170. The average molecular weight is 312 g/mol. The number of pyridine rings is 1. The zero-order chi connectivity index (χ0) is 14.6. The lowest BCUT2D eigenvalue weighted by Gasteiger charge is -2.09. The molecular weight excluding hydrogens is 300 g/mol. The SMILES string of the molecule is NC(=S)c1ncccc1S(=O)(=O)NCCc1ncn[nH]1. The van der Waals surface area contributed by atoms with Crippen LogP contribution in [0, 0.1) is 0 Å². The van der Waals surface area contributed by atoms with Gasteiger partial charge in [0.25, 0.3) is 0 Å². The number of nitrogens with one attached hydrogen (secondary N) is 2. The highest BCUT2D eigenvalue weighted by atomic mass is 32.2. The zero-order valence-electron chi connectivity index (χ0n) is 10.3. The molecule has 2 aromatic heterocycles. The van der Waals surface area contributed by atoms with Crippen molar-refractivity contribution in [3.63, 3.8) is 0 Å². The molecule has 0 aliphatic carbocycles. The van der Waals surface area contributed by atoms with E-state index < -0.39 is 10.0 Å². The van der Waals surface area contributed by atoms with Crippen molar-refractivity contribution < 1.29 is 8.42 Å². The first-order chi connectivity index (χ1) is 9.50. The minimum atomic E-state index is -3.73. The molecule has 2 rings (SSSR count). The van der Waals surface area contributed by atoms with E-state index in [1.54, 1.807) is 0 Å². The highest BCUT2D eigenvalue weighted by Gasteiger charge is 2.20. The summed E-state index contributed by atoms with van der Waals surface area (Å²) in [5, 5.41) is 6.32.